The van der Waals surface area contributed by atoms with E-state index >= 15 is 0 Å². The maximum absolute atomic E-state index is 9.88. The predicted octanol–water partition coefficient (Wildman–Crippen LogP) is 1.62. The standard InChI is InChI=1S/C9H19NO/c1-3-8(4-2)6-5-7-9(8,10)11/h11H,3-7,10H2,1-2H3. The molecule has 3 N–H and O–H groups in total. The SMILES string of the molecule is CCC1(CC)CCCC1(N)O. The average Bonchev–Trinajstić information content (AvgIpc) is 2.26. The molecule has 0 spiro atoms. The van der Waals surface area contributed by atoms with Crippen LogP contribution in [0.3, 0.4) is 0 Å². The van der Waals surface area contributed by atoms with E-state index in [1.165, 1.54) is 0 Å². The van der Waals surface area contributed by atoms with Gasteiger partial charge in [0.2, 0.25) is 0 Å². The Morgan fingerprint density at radius 2 is 1.82 bits per heavy atom. The molecule has 2 nitrogen and oxygen atoms in total. The van der Waals surface area contributed by atoms with Gasteiger partial charge in [0.15, 0.2) is 0 Å². The molecule has 0 aromatic rings. The van der Waals surface area contributed by atoms with Crippen LogP contribution in [-0.2, 0) is 0 Å². The quantitative estimate of drug-likeness (QED) is 0.598. The summed E-state index contributed by atoms with van der Waals surface area (Å²) < 4.78 is 0. The monoisotopic (exact) mass is 157 g/mol. The fraction of sp³-hybridized carbons (Fsp3) is 1.00. The van der Waals surface area contributed by atoms with E-state index in [9.17, 15) is 5.11 Å². The van der Waals surface area contributed by atoms with E-state index in [0.717, 1.165) is 32.1 Å². The lowest BCUT2D eigenvalue weighted by Crippen LogP contribution is -2.51. The summed E-state index contributed by atoms with van der Waals surface area (Å²) in [7, 11) is 0. The van der Waals surface area contributed by atoms with Crippen molar-refractivity contribution in [3.05, 3.63) is 0 Å². The molecular formula is C9H19NO. The van der Waals surface area contributed by atoms with Crippen molar-refractivity contribution in [2.24, 2.45) is 11.1 Å². The van der Waals surface area contributed by atoms with Crippen molar-refractivity contribution in [3.8, 4) is 0 Å². The van der Waals surface area contributed by atoms with Crippen LogP contribution >= 0.6 is 0 Å². The van der Waals surface area contributed by atoms with Crippen LogP contribution in [-0.4, -0.2) is 10.8 Å². The highest BCUT2D eigenvalue weighted by Crippen LogP contribution is 2.48. The van der Waals surface area contributed by atoms with Crippen LogP contribution in [0.1, 0.15) is 46.0 Å². The Bertz CT molecular complexity index is 138. The zero-order valence-electron chi connectivity index (χ0n) is 7.56. The minimum Gasteiger partial charge on any atom is -0.376 e. The van der Waals surface area contributed by atoms with E-state index in [1.54, 1.807) is 0 Å². The first kappa shape index (κ1) is 9.01. The molecule has 1 aliphatic rings. The minimum atomic E-state index is -0.892. The Balaban J connectivity index is 2.81. The molecule has 0 aliphatic heterocycles. The summed E-state index contributed by atoms with van der Waals surface area (Å²) in [5.41, 5.74) is 4.95. The van der Waals surface area contributed by atoms with Crippen LogP contribution < -0.4 is 5.73 Å². The smallest absolute Gasteiger partial charge is 0.119 e. The summed E-state index contributed by atoms with van der Waals surface area (Å²) >= 11 is 0. The first-order valence-corrected chi connectivity index (χ1v) is 4.59. The van der Waals surface area contributed by atoms with Gasteiger partial charge in [-0.3, -0.25) is 0 Å². The molecule has 11 heavy (non-hydrogen) atoms. The molecule has 0 bridgehead atoms. The first-order chi connectivity index (χ1) is 5.08. The second-order valence-corrected chi connectivity index (χ2v) is 3.77. The van der Waals surface area contributed by atoms with Crippen molar-refractivity contribution >= 4 is 0 Å². The highest BCUT2D eigenvalue weighted by molar-refractivity contribution is 4.98. The maximum Gasteiger partial charge on any atom is 0.119 e. The lowest BCUT2D eigenvalue weighted by Gasteiger charge is -2.38. The van der Waals surface area contributed by atoms with Crippen molar-refractivity contribution in [2.45, 2.75) is 51.7 Å². The van der Waals surface area contributed by atoms with Gasteiger partial charge in [-0.1, -0.05) is 13.8 Å². The van der Waals surface area contributed by atoms with E-state index in [1.807, 2.05) is 0 Å². The van der Waals surface area contributed by atoms with Crippen LogP contribution in [0.15, 0.2) is 0 Å². The average molecular weight is 157 g/mol. The molecular weight excluding hydrogens is 138 g/mol. The zero-order valence-corrected chi connectivity index (χ0v) is 7.56. The summed E-state index contributed by atoms with van der Waals surface area (Å²) in [5.74, 6) is 0. The Kier molecular flexibility index (Phi) is 2.26. The molecule has 1 unspecified atom stereocenters. The topological polar surface area (TPSA) is 46.2 Å². The lowest BCUT2D eigenvalue weighted by atomic mass is 9.75. The highest BCUT2D eigenvalue weighted by Gasteiger charge is 2.48. The molecule has 1 saturated carbocycles. The van der Waals surface area contributed by atoms with Gasteiger partial charge < -0.3 is 10.8 Å². The molecule has 0 aromatic heterocycles. The number of hydrogen-bond acceptors (Lipinski definition) is 2. The molecule has 0 heterocycles. The summed E-state index contributed by atoms with van der Waals surface area (Å²) in [6.07, 6.45) is 4.93. The molecule has 1 aliphatic carbocycles. The number of hydrogen-bond donors (Lipinski definition) is 2. The Morgan fingerprint density at radius 1 is 1.27 bits per heavy atom. The summed E-state index contributed by atoms with van der Waals surface area (Å²) in [6, 6.07) is 0. The van der Waals surface area contributed by atoms with Crippen molar-refractivity contribution in [3.63, 3.8) is 0 Å². The van der Waals surface area contributed by atoms with Gasteiger partial charge in [-0.2, -0.15) is 0 Å². The molecule has 1 rings (SSSR count). The molecule has 0 aromatic carbocycles. The van der Waals surface area contributed by atoms with Gasteiger partial charge >= 0.3 is 0 Å². The van der Waals surface area contributed by atoms with Crippen molar-refractivity contribution in [2.75, 3.05) is 0 Å². The van der Waals surface area contributed by atoms with Crippen LogP contribution in [0.25, 0.3) is 0 Å². The van der Waals surface area contributed by atoms with Crippen LogP contribution in [0, 0.1) is 5.41 Å². The summed E-state index contributed by atoms with van der Waals surface area (Å²) in [6.45, 7) is 4.24. The number of nitrogens with two attached hydrogens (primary N) is 1. The van der Waals surface area contributed by atoms with Gasteiger partial charge in [-0.15, -0.1) is 0 Å². The van der Waals surface area contributed by atoms with E-state index < -0.39 is 5.72 Å². The summed E-state index contributed by atoms with van der Waals surface area (Å²) in [5, 5.41) is 9.88. The van der Waals surface area contributed by atoms with E-state index in [4.69, 9.17) is 5.73 Å². The Hall–Kier alpha value is -0.0800. The van der Waals surface area contributed by atoms with Crippen molar-refractivity contribution in [1.82, 2.24) is 0 Å². The number of aliphatic hydroxyl groups is 1. The predicted molar refractivity (Wildman–Crippen MR) is 46.0 cm³/mol. The summed E-state index contributed by atoms with van der Waals surface area (Å²) in [4.78, 5) is 0. The zero-order chi connectivity index (χ0) is 8.54. The van der Waals surface area contributed by atoms with Gasteiger partial charge in [0.05, 0.1) is 0 Å². The van der Waals surface area contributed by atoms with Crippen LogP contribution in [0.2, 0.25) is 0 Å². The van der Waals surface area contributed by atoms with Gasteiger partial charge in [0.1, 0.15) is 5.72 Å². The maximum atomic E-state index is 9.88. The Labute approximate surface area is 68.8 Å². The van der Waals surface area contributed by atoms with Crippen LogP contribution in [0.5, 0.6) is 0 Å². The highest BCUT2D eigenvalue weighted by atomic mass is 16.3. The van der Waals surface area contributed by atoms with E-state index in [-0.39, 0.29) is 5.41 Å². The minimum absolute atomic E-state index is 0.00694. The van der Waals surface area contributed by atoms with E-state index in [2.05, 4.69) is 13.8 Å². The first-order valence-electron chi connectivity index (χ1n) is 4.59. The second kappa shape index (κ2) is 2.76. The molecule has 0 amide bonds. The molecule has 2 heteroatoms. The fourth-order valence-corrected chi connectivity index (χ4v) is 2.39. The van der Waals surface area contributed by atoms with Gasteiger partial charge in [0, 0.05) is 5.41 Å². The normalized spacial score (nSPS) is 36.0. The molecule has 1 fully saturated rings. The third-order valence-electron chi connectivity index (χ3n) is 3.49. The Morgan fingerprint density at radius 3 is 2.00 bits per heavy atom. The number of rotatable bonds is 2. The van der Waals surface area contributed by atoms with Crippen LogP contribution in [0.4, 0.5) is 0 Å². The largest absolute Gasteiger partial charge is 0.376 e. The third kappa shape index (κ3) is 1.18. The third-order valence-corrected chi connectivity index (χ3v) is 3.49. The van der Waals surface area contributed by atoms with Gasteiger partial charge in [0.25, 0.3) is 0 Å². The van der Waals surface area contributed by atoms with Crippen molar-refractivity contribution in [1.29, 1.82) is 0 Å². The fourth-order valence-electron chi connectivity index (χ4n) is 2.39. The van der Waals surface area contributed by atoms with Crippen molar-refractivity contribution < 1.29 is 5.11 Å². The molecule has 0 radical (unpaired) electrons. The van der Waals surface area contributed by atoms with Gasteiger partial charge in [-0.05, 0) is 32.1 Å². The molecule has 1 atom stereocenters. The molecule has 0 saturated heterocycles. The van der Waals surface area contributed by atoms with Gasteiger partial charge in [-0.25, -0.2) is 0 Å². The van der Waals surface area contributed by atoms with E-state index in [0.29, 0.717) is 0 Å². The second-order valence-electron chi connectivity index (χ2n) is 3.77. The molecule has 66 valence electrons. The lowest BCUT2D eigenvalue weighted by molar-refractivity contribution is -0.0612.